The van der Waals surface area contributed by atoms with Crippen LogP contribution < -0.4 is 0 Å². The smallest absolute Gasteiger partial charge is 0.410 e. The van der Waals surface area contributed by atoms with Gasteiger partial charge in [0, 0.05) is 24.4 Å². The molecule has 0 aromatic heterocycles. The molecule has 2 aliphatic heterocycles. The van der Waals surface area contributed by atoms with Crippen LogP contribution in [-0.2, 0) is 22.6 Å². The van der Waals surface area contributed by atoms with Crippen molar-refractivity contribution in [1.82, 2.24) is 4.90 Å². The van der Waals surface area contributed by atoms with E-state index in [-0.39, 0.29) is 48.7 Å². The molecule has 0 radical (unpaired) electrons. The Balaban J connectivity index is 1.35. The lowest BCUT2D eigenvalue weighted by molar-refractivity contribution is -0.124. The Morgan fingerprint density at radius 1 is 1.03 bits per heavy atom. The van der Waals surface area contributed by atoms with Crippen LogP contribution in [0.4, 0.5) is 9.18 Å². The summed E-state index contributed by atoms with van der Waals surface area (Å²) < 4.78 is 19.3. The lowest BCUT2D eigenvalue weighted by Crippen LogP contribution is -2.48. The number of ether oxygens (including phenoxy) is 1. The summed E-state index contributed by atoms with van der Waals surface area (Å²) in [5.74, 6) is -0.205. The first-order valence-electron chi connectivity index (χ1n) is 10.3. The van der Waals surface area contributed by atoms with Crippen LogP contribution in [0.2, 0.25) is 0 Å². The van der Waals surface area contributed by atoms with Crippen molar-refractivity contribution in [2.75, 3.05) is 0 Å². The molecular weight excluding hydrogens is 369 g/mol. The number of aryl methyl sites for hydroxylation is 1. The predicted octanol–water partition coefficient (Wildman–Crippen LogP) is 4.83. The van der Waals surface area contributed by atoms with E-state index in [4.69, 9.17) is 4.74 Å². The normalized spacial score (nSPS) is 23.1. The SMILES string of the molecule is Cc1ccc(CC(=O)C2CC3CCC(C2)N3C(=O)OCc2ccccc2)cc1F. The number of carbonyl (C=O) groups is 2. The summed E-state index contributed by atoms with van der Waals surface area (Å²) in [6.45, 7) is 1.97. The molecule has 2 aromatic rings. The molecule has 2 unspecified atom stereocenters. The number of amides is 1. The molecule has 2 bridgehead atoms. The lowest BCUT2D eigenvalue weighted by atomic mass is 9.85. The van der Waals surface area contributed by atoms with Crippen LogP contribution in [0.15, 0.2) is 48.5 Å². The van der Waals surface area contributed by atoms with E-state index in [1.54, 1.807) is 13.0 Å². The van der Waals surface area contributed by atoms with Crippen LogP contribution in [0.25, 0.3) is 0 Å². The zero-order valence-corrected chi connectivity index (χ0v) is 16.6. The van der Waals surface area contributed by atoms with Gasteiger partial charge in [0.2, 0.25) is 0 Å². The maximum atomic E-state index is 13.8. The van der Waals surface area contributed by atoms with Crippen LogP contribution in [0, 0.1) is 18.7 Å². The highest BCUT2D eigenvalue weighted by atomic mass is 19.1. The number of fused-ring (bicyclic) bond motifs is 2. The predicted molar refractivity (Wildman–Crippen MR) is 108 cm³/mol. The molecule has 1 amide bonds. The zero-order chi connectivity index (χ0) is 20.4. The number of halogens is 1. The summed E-state index contributed by atoms with van der Waals surface area (Å²) in [4.78, 5) is 27.3. The van der Waals surface area contributed by atoms with Crippen molar-refractivity contribution in [3.05, 3.63) is 71.0 Å². The van der Waals surface area contributed by atoms with E-state index in [2.05, 4.69) is 0 Å². The summed E-state index contributed by atoms with van der Waals surface area (Å²) in [6, 6.07) is 14.7. The number of rotatable bonds is 5. The van der Waals surface area contributed by atoms with Crippen LogP contribution in [-0.4, -0.2) is 28.9 Å². The molecule has 4 nitrogen and oxygen atoms in total. The van der Waals surface area contributed by atoms with Crippen molar-refractivity contribution in [3.63, 3.8) is 0 Å². The first-order chi connectivity index (χ1) is 14.0. The fraction of sp³-hybridized carbons (Fsp3) is 0.417. The van der Waals surface area contributed by atoms with Gasteiger partial charge in [-0.05, 0) is 55.4 Å². The molecule has 2 aliphatic rings. The van der Waals surface area contributed by atoms with E-state index in [1.807, 2.05) is 41.3 Å². The summed E-state index contributed by atoms with van der Waals surface area (Å²) in [5.41, 5.74) is 2.26. The Hall–Kier alpha value is -2.69. The molecule has 0 spiro atoms. The number of Topliss-reactive ketones (excluding diaryl/α,β-unsaturated/α-hetero) is 1. The Labute approximate surface area is 170 Å². The molecule has 5 heteroatoms. The van der Waals surface area contributed by atoms with Gasteiger partial charge in [-0.2, -0.15) is 0 Å². The number of carbonyl (C=O) groups excluding carboxylic acids is 2. The molecule has 2 fully saturated rings. The molecule has 152 valence electrons. The second-order valence-electron chi connectivity index (χ2n) is 8.23. The van der Waals surface area contributed by atoms with E-state index in [0.717, 1.165) is 24.0 Å². The van der Waals surface area contributed by atoms with Gasteiger partial charge >= 0.3 is 6.09 Å². The van der Waals surface area contributed by atoms with Gasteiger partial charge in [0.1, 0.15) is 18.2 Å². The van der Waals surface area contributed by atoms with E-state index in [9.17, 15) is 14.0 Å². The van der Waals surface area contributed by atoms with Gasteiger partial charge in [-0.15, -0.1) is 0 Å². The van der Waals surface area contributed by atoms with Crippen LogP contribution in [0.5, 0.6) is 0 Å². The van der Waals surface area contributed by atoms with Gasteiger partial charge in [0.25, 0.3) is 0 Å². The number of ketones is 1. The molecule has 29 heavy (non-hydrogen) atoms. The lowest BCUT2D eigenvalue weighted by Gasteiger charge is -2.37. The maximum absolute atomic E-state index is 13.8. The number of benzene rings is 2. The van der Waals surface area contributed by atoms with Crippen molar-refractivity contribution >= 4 is 11.9 Å². The highest BCUT2D eigenvalue weighted by Gasteiger charge is 2.45. The van der Waals surface area contributed by atoms with Gasteiger partial charge < -0.3 is 9.64 Å². The van der Waals surface area contributed by atoms with Gasteiger partial charge in [-0.3, -0.25) is 4.79 Å². The van der Waals surface area contributed by atoms with E-state index >= 15 is 0 Å². The first-order valence-corrected chi connectivity index (χ1v) is 10.3. The van der Waals surface area contributed by atoms with Crippen LogP contribution in [0.3, 0.4) is 0 Å². The third kappa shape index (κ3) is 4.34. The molecule has 0 saturated carbocycles. The second kappa shape index (κ2) is 8.36. The number of piperidine rings is 1. The van der Waals surface area contributed by atoms with Crippen LogP contribution >= 0.6 is 0 Å². The van der Waals surface area contributed by atoms with Crippen molar-refractivity contribution < 1.29 is 18.7 Å². The fourth-order valence-electron chi connectivity index (χ4n) is 4.62. The number of hydrogen-bond donors (Lipinski definition) is 0. The number of hydrogen-bond acceptors (Lipinski definition) is 3. The average Bonchev–Trinajstić information content (AvgIpc) is 2.99. The quantitative estimate of drug-likeness (QED) is 0.729. The van der Waals surface area contributed by atoms with Crippen molar-refractivity contribution in [2.45, 2.75) is 57.7 Å². The molecular formula is C24H26FNO3. The molecule has 0 N–H and O–H groups in total. The van der Waals surface area contributed by atoms with Gasteiger partial charge in [0.05, 0.1) is 0 Å². The fourth-order valence-corrected chi connectivity index (χ4v) is 4.62. The number of nitrogens with zero attached hydrogens (tertiary/aromatic N) is 1. The summed E-state index contributed by atoms with van der Waals surface area (Å²) in [6.07, 6.45) is 3.13. The largest absolute Gasteiger partial charge is 0.445 e. The van der Waals surface area contributed by atoms with Crippen molar-refractivity contribution in [2.24, 2.45) is 5.92 Å². The summed E-state index contributed by atoms with van der Waals surface area (Å²) in [5, 5.41) is 0. The van der Waals surface area contributed by atoms with E-state index in [1.165, 1.54) is 6.07 Å². The summed E-state index contributed by atoms with van der Waals surface area (Å²) >= 11 is 0. The Kier molecular flexibility index (Phi) is 5.65. The molecule has 4 rings (SSSR count). The van der Waals surface area contributed by atoms with E-state index in [0.29, 0.717) is 18.4 Å². The minimum absolute atomic E-state index is 0.0562. The molecule has 0 aliphatic carbocycles. The van der Waals surface area contributed by atoms with Gasteiger partial charge in [-0.25, -0.2) is 9.18 Å². The highest BCUT2D eigenvalue weighted by molar-refractivity contribution is 5.84. The van der Waals surface area contributed by atoms with Gasteiger partial charge in [0.15, 0.2) is 0 Å². The van der Waals surface area contributed by atoms with E-state index < -0.39 is 0 Å². The van der Waals surface area contributed by atoms with Crippen LogP contribution in [0.1, 0.15) is 42.4 Å². The molecule has 2 aromatic carbocycles. The minimum Gasteiger partial charge on any atom is -0.445 e. The Morgan fingerprint density at radius 2 is 1.72 bits per heavy atom. The van der Waals surface area contributed by atoms with Crippen molar-refractivity contribution in [3.8, 4) is 0 Å². The molecule has 2 saturated heterocycles. The second-order valence-corrected chi connectivity index (χ2v) is 8.23. The molecule has 2 heterocycles. The zero-order valence-electron chi connectivity index (χ0n) is 16.6. The average molecular weight is 395 g/mol. The van der Waals surface area contributed by atoms with Gasteiger partial charge in [-0.1, -0.05) is 42.5 Å². The molecule has 2 atom stereocenters. The monoisotopic (exact) mass is 395 g/mol. The standard InChI is InChI=1S/C24H26FNO3/c1-16-7-8-18(11-22(16)25)12-23(27)19-13-20-9-10-21(14-19)26(20)24(28)29-15-17-5-3-2-4-6-17/h2-8,11,19-21H,9-10,12-15H2,1H3. The van der Waals surface area contributed by atoms with Crippen molar-refractivity contribution in [1.29, 1.82) is 0 Å². The highest BCUT2D eigenvalue weighted by Crippen LogP contribution is 2.39. The third-order valence-corrected chi connectivity index (χ3v) is 6.22. The Bertz CT molecular complexity index is 884. The first kappa shape index (κ1) is 19.6. The summed E-state index contributed by atoms with van der Waals surface area (Å²) in [7, 11) is 0. The minimum atomic E-state index is -0.284. The topological polar surface area (TPSA) is 46.6 Å². The maximum Gasteiger partial charge on any atom is 0.410 e. The third-order valence-electron chi connectivity index (χ3n) is 6.22. The Morgan fingerprint density at radius 3 is 2.38 bits per heavy atom.